The Kier molecular flexibility index (Phi) is 3.13. The van der Waals surface area contributed by atoms with Crippen LogP contribution in [0, 0.1) is 0 Å². The van der Waals surface area contributed by atoms with E-state index in [4.69, 9.17) is 5.73 Å². The number of hydrogen-bond donors (Lipinski definition) is 3. The molecule has 0 aliphatic carbocycles. The number of carbonyl (C=O) groups excluding carboxylic acids is 1. The molecule has 0 radical (unpaired) electrons. The molecule has 5 nitrogen and oxygen atoms in total. The van der Waals surface area contributed by atoms with Crippen molar-refractivity contribution in [1.82, 2.24) is 10.6 Å². The van der Waals surface area contributed by atoms with Gasteiger partial charge in [-0.15, -0.1) is 0 Å². The normalized spacial score (nSPS) is 17.5. The Bertz CT molecular complexity index is 136. The third kappa shape index (κ3) is 3.20. The van der Waals surface area contributed by atoms with E-state index in [1.807, 2.05) is 0 Å². The lowest BCUT2D eigenvalue weighted by molar-refractivity contribution is 0.154. The zero-order valence-corrected chi connectivity index (χ0v) is 6.30. The Morgan fingerprint density at radius 3 is 2.91 bits per heavy atom. The highest BCUT2D eigenvalue weighted by Crippen LogP contribution is 1.88. The highest BCUT2D eigenvalue weighted by atomic mass is 16.5. The molecule has 1 fully saturated rings. The van der Waals surface area contributed by atoms with Crippen molar-refractivity contribution >= 4 is 6.09 Å². The summed E-state index contributed by atoms with van der Waals surface area (Å²) >= 11 is 0. The number of nitrogens with one attached hydrogen (secondary N) is 2. The van der Waals surface area contributed by atoms with Crippen molar-refractivity contribution in [2.75, 3.05) is 26.2 Å². The van der Waals surface area contributed by atoms with Gasteiger partial charge in [-0.25, -0.2) is 4.79 Å². The highest BCUT2D eigenvalue weighted by molar-refractivity contribution is 5.64. The first-order valence-corrected chi connectivity index (χ1v) is 3.65. The van der Waals surface area contributed by atoms with Gasteiger partial charge in [0, 0.05) is 25.7 Å². The summed E-state index contributed by atoms with van der Waals surface area (Å²) in [6.07, 6.45) is -0.710. The smallest absolute Gasteiger partial charge is 0.404 e. The number of ether oxygens (including phenoxy) is 1. The summed E-state index contributed by atoms with van der Waals surface area (Å²) in [6, 6.07) is 0.534. The van der Waals surface area contributed by atoms with Crippen molar-refractivity contribution in [2.24, 2.45) is 5.73 Å². The summed E-state index contributed by atoms with van der Waals surface area (Å²) in [7, 11) is 0. The maximum atomic E-state index is 10.1. The summed E-state index contributed by atoms with van der Waals surface area (Å²) in [4.78, 5) is 10.1. The lowest BCUT2D eigenvalue weighted by Crippen LogP contribution is -2.55. The number of hydrogen-bond acceptors (Lipinski definition) is 4. The van der Waals surface area contributed by atoms with Crippen molar-refractivity contribution < 1.29 is 9.53 Å². The molecular weight excluding hydrogens is 146 g/mol. The van der Waals surface area contributed by atoms with Crippen LogP contribution >= 0.6 is 0 Å². The van der Waals surface area contributed by atoms with Crippen molar-refractivity contribution in [3.05, 3.63) is 0 Å². The minimum Gasteiger partial charge on any atom is -0.448 e. The maximum Gasteiger partial charge on any atom is 0.404 e. The SMILES string of the molecule is NC(=O)OCCNC1CNC1. The summed E-state index contributed by atoms with van der Waals surface area (Å²) < 4.78 is 4.52. The predicted molar refractivity (Wildman–Crippen MR) is 40.2 cm³/mol. The van der Waals surface area contributed by atoms with E-state index in [0.717, 1.165) is 13.1 Å². The topological polar surface area (TPSA) is 76.4 Å². The Morgan fingerprint density at radius 2 is 2.45 bits per heavy atom. The van der Waals surface area contributed by atoms with Gasteiger partial charge in [0.05, 0.1) is 0 Å². The fraction of sp³-hybridized carbons (Fsp3) is 0.833. The zero-order valence-electron chi connectivity index (χ0n) is 6.30. The zero-order chi connectivity index (χ0) is 8.10. The van der Waals surface area contributed by atoms with E-state index >= 15 is 0 Å². The van der Waals surface area contributed by atoms with Gasteiger partial charge in [0.15, 0.2) is 0 Å². The molecule has 0 spiro atoms. The Hall–Kier alpha value is -0.810. The molecule has 0 aromatic carbocycles. The molecule has 4 N–H and O–H groups in total. The molecule has 5 heteroatoms. The van der Waals surface area contributed by atoms with Crippen LogP contribution < -0.4 is 16.4 Å². The Morgan fingerprint density at radius 1 is 1.73 bits per heavy atom. The molecule has 64 valence electrons. The van der Waals surface area contributed by atoms with Crippen LogP contribution in [-0.2, 0) is 4.74 Å². The van der Waals surface area contributed by atoms with Crippen LogP contribution in [0.5, 0.6) is 0 Å². The molecule has 0 atom stereocenters. The highest BCUT2D eigenvalue weighted by Gasteiger charge is 2.14. The molecule has 0 aromatic rings. The summed E-state index contributed by atoms with van der Waals surface area (Å²) in [5.74, 6) is 0. The first-order valence-electron chi connectivity index (χ1n) is 3.65. The fourth-order valence-electron chi connectivity index (χ4n) is 0.848. The minimum absolute atomic E-state index is 0.353. The molecule has 11 heavy (non-hydrogen) atoms. The van der Waals surface area contributed by atoms with Gasteiger partial charge in [-0.3, -0.25) is 0 Å². The molecule has 0 unspecified atom stereocenters. The van der Waals surface area contributed by atoms with Crippen LogP contribution in [0.25, 0.3) is 0 Å². The molecule has 1 aliphatic heterocycles. The standard InChI is InChI=1S/C6H13N3O2/c7-6(10)11-2-1-9-5-3-8-4-5/h5,8-9H,1-4H2,(H2,7,10). The van der Waals surface area contributed by atoms with Crippen molar-refractivity contribution in [1.29, 1.82) is 0 Å². The number of carbonyl (C=O) groups is 1. The third-order valence-electron chi connectivity index (χ3n) is 1.56. The summed E-state index contributed by atoms with van der Waals surface area (Å²) in [6.45, 7) is 3.02. The molecule has 0 aromatic heterocycles. The lowest BCUT2D eigenvalue weighted by atomic mass is 10.2. The number of primary amides is 1. The largest absolute Gasteiger partial charge is 0.448 e. The molecule has 1 aliphatic rings. The van der Waals surface area contributed by atoms with E-state index in [2.05, 4.69) is 15.4 Å². The van der Waals surface area contributed by atoms with Crippen molar-refractivity contribution in [3.63, 3.8) is 0 Å². The molecule has 1 rings (SSSR count). The van der Waals surface area contributed by atoms with E-state index in [1.165, 1.54) is 0 Å². The Balaban J connectivity index is 1.83. The second-order valence-electron chi connectivity index (χ2n) is 2.48. The van der Waals surface area contributed by atoms with Gasteiger partial charge < -0.3 is 21.1 Å². The van der Waals surface area contributed by atoms with E-state index in [9.17, 15) is 4.79 Å². The summed E-state index contributed by atoms with van der Waals surface area (Å²) in [5.41, 5.74) is 4.75. The van der Waals surface area contributed by atoms with Crippen LogP contribution in [0.4, 0.5) is 4.79 Å². The van der Waals surface area contributed by atoms with Gasteiger partial charge in [0.1, 0.15) is 6.61 Å². The van der Waals surface area contributed by atoms with E-state index in [-0.39, 0.29) is 0 Å². The third-order valence-corrected chi connectivity index (χ3v) is 1.56. The fourth-order valence-corrected chi connectivity index (χ4v) is 0.848. The molecule has 0 bridgehead atoms. The van der Waals surface area contributed by atoms with Gasteiger partial charge in [-0.1, -0.05) is 0 Å². The maximum absolute atomic E-state index is 10.1. The monoisotopic (exact) mass is 159 g/mol. The van der Waals surface area contributed by atoms with Gasteiger partial charge in [-0.05, 0) is 0 Å². The second-order valence-corrected chi connectivity index (χ2v) is 2.48. The average Bonchev–Trinajstić information content (AvgIpc) is 1.82. The van der Waals surface area contributed by atoms with Crippen molar-refractivity contribution in [2.45, 2.75) is 6.04 Å². The van der Waals surface area contributed by atoms with Gasteiger partial charge in [0.25, 0.3) is 0 Å². The molecule has 1 saturated heterocycles. The van der Waals surface area contributed by atoms with E-state index in [0.29, 0.717) is 19.2 Å². The Labute approximate surface area is 65.3 Å². The second kappa shape index (κ2) is 4.15. The van der Waals surface area contributed by atoms with Crippen LogP contribution in [0.15, 0.2) is 0 Å². The predicted octanol–water partition coefficient (Wildman–Crippen LogP) is -1.36. The van der Waals surface area contributed by atoms with Gasteiger partial charge >= 0.3 is 6.09 Å². The number of amides is 1. The lowest BCUT2D eigenvalue weighted by Gasteiger charge is -2.27. The van der Waals surface area contributed by atoms with Crippen molar-refractivity contribution in [3.8, 4) is 0 Å². The molecule has 1 amide bonds. The minimum atomic E-state index is -0.710. The average molecular weight is 159 g/mol. The molecule has 1 heterocycles. The van der Waals surface area contributed by atoms with Gasteiger partial charge in [-0.2, -0.15) is 0 Å². The molecule has 0 saturated carbocycles. The van der Waals surface area contributed by atoms with Crippen LogP contribution in [0.2, 0.25) is 0 Å². The molecular formula is C6H13N3O2. The first kappa shape index (κ1) is 8.29. The van der Waals surface area contributed by atoms with Crippen LogP contribution in [0.1, 0.15) is 0 Å². The number of nitrogens with two attached hydrogens (primary N) is 1. The quantitative estimate of drug-likeness (QED) is 0.443. The first-order chi connectivity index (χ1) is 5.29. The van der Waals surface area contributed by atoms with E-state index in [1.54, 1.807) is 0 Å². The summed E-state index contributed by atoms with van der Waals surface area (Å²) in [5, 5.41) is 6.30. The van der Waals surface area contributed by atoms with Gasteiger partial charge in [0.2, 0.25) is 0 Å². The van der Waals surface area contributed by atoms with Crippen LogP contribution in [-0.4, -0.2) is 38.4 Å². The number of rotatable bonds is 4. The van der Waals surface area contributed by atoms with E-state index < -0.39 is 6.09 Å². The van der Waals surface area contributed by atoms with Crippen LogP contribution in [0.3, 0.4) is 0 Å².